The Morgan fingerprint density at radius 1 is 1.12 bits per heavy atom. The second-order valence-corrected chi connectivity index (χ2v) is 7.14. The largest absolute Gasteiger partial charge is 0.381 e. The van der Waals surface area contributed by atoms with Crippen LogP contribution in [-0.2, 0) is 10.3 Å². The van der Waals surface area contributed by atoms with Crippen molar-refractivity contribution in [2.75, 3.05) is 26.9 Å². The first-order valence-electron chi connectivity index (χ1n) is 8.01. The van der Waals surface area contributed by atoms with Crippen LogP contribution in [0.15, 0.2) is 48.5 Å². The van der Waals surface area contributed by atoms with Gasteiger partial charge in [0.15, 0.2) is 0 Å². The van der Waals surface area contributed by atoms with E-state index in [0.717, 1.165) is 24.1 Å². The fourth-order valence-electron chi connectivity index (χ4n) is 3.58. The van der Waals surface area contributed by atoms with Crippen molar-refractivity contribution >= 4 is 23.2 Å². The second-order valence-electron chi connectivity index (χ2n) is 6.27. The lowest BCUT2D eigenvalue weighted by molar-refractivity contribution is -0.00390. The Labute approximate surface area is 152 Å². The summed E-state index contributed by atoms with van der Waals surface area (Å²) in [6, 6.07) is 15.6. The normalized spacial score (nSPS) is 19.8. The van der Waals surface area contributed by atoms with Crippen molar-refractivity contribution in [3.63, 3.8) is 0 Å². The standard InChI is InChI=1S/C19H21Cl2NO2/c1-22(13-23)12-16-8-9-24-19(16,14-4-2-6-17(20)10-14)15-5-3-7-18(21)11-15/h2-7,10-11,16,23H,8-9,12-13H2,1H3. The minimum Gasteiger partial charge on any atom is -0.381 e. The van der Waals surface area contributed by atoms with Gasteiger partial charge in [-0.3, -0.25) is 4.90 Å². The first-order valence-corrected chi connectivity index (χ1v) is 8.77. The van der Waals surface area contributed by atoms with E-state index in [-0.39, 0.29) is 12.6 Å². The number of nitrogens with zero attached hydrogens (tertiary/aromatic N) is 1. The average Bonchev–Trinajstić information content (AvgIpc) is 2.99. The molecule has 0 bridgehead atoms. The highest BCUT2D eigenvalue weighted by molar-refractivity contribution is 6.31. The maximum absolute atomic E-state index is 9.44. The molecule has 5 heteroatoms. The summed E-state index contributed by atoms with van der Waals surface area (Å²) in [6.07, 6.45) is 0.906. The Hall–Kier alpha value is -1.10. The van der Waals surface area contributed by atoms with Crippen molar-refractivity contribution in [2.45, 2.75) is 12.0 Å². The second kappa shape index (κ2) is 7.42. The van der Waals surface area contributed by atoms with Crippen molar-refractivity contribution in [1.82, 2.24) is 4.90 Å². The Morgan fingerprint density at radius 3 is 2.21 bits per heavy atom. The Morgan fingerprint density at radius 2 is 1.71 bits per heavy atom. The van der Waals surface area contributed by atoms with Crippen LogP contribution in [0.25, 0.3) is 0 Å². The van der Waals surface area contributed by atoms with Gasteiger partial charge in [0, 0.05) is 29.1 Å². The summed E-state index contributed by atoms with van der Waals surface area (Å²) in [6.45, 7) is 1.39. The molecule has 2 aromatic carbocycles. The first kappa shape index (κ1) is 17.7. The fourth-order valence-corrected chi connectivity index (χ4v) is 3.96. The highest BCUT2D eigenvalue weighted by Crippen LogP contribution is 2.47. The van der Waals surface area contributed by atoms with E-state index < -0.39 is 5.60 Å². The number of rotatable bonds is 5. The monoisotopic (exact) mass is 365 g/mol. The number of hydrogen-bond donors (Lipinski definition) is 1. The molecule has 24 heavy (non-hydrogen) atoms. The number of halogens is 2. The molecule has 2 aromatic rings. The molecule has 0 amide bonds. The number of hydrogen-bond acceptors (Lipinski definition) is 3. The SMILES string of the molecule is CN(CO)CC1CCOC1(c1cccc(Cl)c1)c1cccc(Cl)c1. The van der Waals surface area contributed by atoms with E-state index in [1.807, 2.05) is 60.5 Å². The number of benzene rings is 2. The van der Waals surface area contributed by atoms with Gasteiger partial charge >= 0.3 is 0 Å². The smallest absolute Gasteiger partial charge is 0.122 e. The van der Waals surface area contributed by atoms with Gasteiger partial charge in [-0.15, -0.1) is 0 Å². The van der Waals surface area contributed by atoms with Crippen LogP contribution in [0.1, 0.15) is 17.5 Å². The molecule has 0 spiro atoms. The predicted octanol–water partition coefficient (Wildman–Crippen LogP) is 4.16. The van der Waals surface area contributed by atoms with Crippen molar-refractivity contribution in [1.29, 1.82) is 0 Å². The van der Waals surface area contributed by atoms with Crippen molar-refractivity contribution in [2.24, 2.45) is 5.92 Å². The maximum atomic E-state index is 9.44. The molecule has 1 aliphatic rings. The minimum absolute atomic E-state index is 0.0116. The highest BCUT2D eigenvalue weighted by atomic mass is 35.5. The van der Waals surface area contributed by atoms with E-state index in [2.05, 4.69) is 0 Å². The van der Waals surface area contributed by atoms with Gasteiger partial charge in [-0.1, -0.05) is 47.5 Å². The van der Waals surface area contributed by atoms with Gasteiger partial charge in [-0.25, -0.2) is 0 Å². The molecule has 0 radical (unpaired) electrons. The lowest BCUT2D eigenvalue weighted by Crippen LogP contribution is -2.40. The van der Waals surface area contributed by atoms with Crippen LogP contribution in [0.2, 0.25) is 10.0 Å². The van der Waals surface area contributed by atoms with Crippen molar-refractivity contribution < 1.29 is 9.84 Å². The molecule has 1 N–H and O–H groups in total. The van der Waals surface area contributed by atoms with Gasteiger partial charge in [-0.2, -0.15) is 0 Å². The zero-order chi connectivity index (χ0) is 17.2. The Balaban J connectivity index is 2.13. The summed E-state index contributed by atoms with van der Waals surface area (Å²) in [5.41, 5.74) is 1.43. The van der Waals surface area contributed by atoms with Gasteiger partial charge in [-0.05, 0) is 48.9 Å². The van der Waals surface area contributed by atoms with E-state index >= 15 is 0 Å². The third kappa shape index (κ3) is 3.32. The molecule has 3 rings (SSSR count). The molecule has 128 valence electrons. The fraction of sp³-hybridized carbons (Fsp3) is 0.368. The summed E-state index contributed by atoms with van der Waals surface area (Å²) in [5.74, 6) is 0.187. The number of aliphatic hydroxyl groups excluding tert-OH is 1. The van der Waals surface area contributed by atoms with E-state index in [1.165, 1.54) is 0 Å². The maximum Gasteiger partial charge on any atom is 0.122 e. The summed E-state index contributed by atoms with van der Waals surface area (Å²) in [4.78, 5) is 1.89. The zero-order valence-corrected chi connectivity index (χ0v) is 15.1. The van der Waals surface area contributed by atoms with Gasteiger partial charge in [0.25, 0.3) is 0 Å². The molecule has 1 aliphatic heterocycles. The average molecular weight is 366 g/mol. The van der Waals surface area contributed by atoms with Crippen molar-refractivity contribution in [3.8, 4) is 0 Å². The van der Waals surface area contributed by atoms with E-state index in [0.29, 0.717) is 16.7 Å². The molecule has 0 saturated carbocycles. The van der Waals surface area contributed by atoms with Crippen LogP contribution in [0.4, 0.5) is 0 Å². The summed E-state index contributed by atoms with van der Waals surface area (Å²) in [7, 11) is 1.90. The van der Waals surface area contributed by atoms with Gasteiger partial charge in [0.1, 0.15) is 5.60 Å². The third-order valence-electron chi connectivity index (χ3n) is 4.65. The minimum atomic E-state index is -0.612. The summed E-state index contributed by atoms with van der Waals surface area (Å²) < 4.78 is 6.36. The van der Waals surface area contributed by atoms with Crippen LogP contribution >= 0.6 is 23.2 Å². The molecule has 1 saturated heterocycles. The number of aliphatic hydroxyl groups is 1. The molecule has 0 aliphatic carbocycles. The molecule has 1 heterocycles. The molecule has 1 atom stereocenters. The van der Waals surface area contributed by atoms with E-state index in [9.17, 15) is 5.11 Å². The molecule has 0 aromatic heterocycles. The third-order valence-corrected chi connectivity index (χ3v) is 5.12. The molecular weight excluding hydrogens is 345 g/mol. The first-order chi connectivity index (χ1) is 11.6. The Kier molecular flexibility index (Phi) is 5.48. The predicted molar refractivity (Wildman–Crippen MR) is 97.5 cm³/mol. The van der Waals surface area contributed by atoms with Crippen LogP contribution < -0.4 is 0 Å². The molecule has 1 unspecified atom stereocenters. The molecular formula is C19H21Cl2NO2. The van der Waals surface area contributed by atoms with Crippen LogP contribution in [-0.4, -0.2) is 36.9 Å². The van der Waals surface area contributed by atoms with E-state index in [4.69, 9.17) is 27.9 Å². The van der Waals surface area contributed by atoms with Gasteiger partial charge in [0.05, 0.1) is 6.73 Å². The number of ether oxygens (including phenoxy) is 1. The Bertz CT molecular complexity index is 662. The van der Waals surface area contributed by atoms with Gasteiger partial charge in [0.2, 0.25) is 0 Å². The molecule has 3 nitrogen and oxygen atoms in total. The van der Waals surface area contributed by atoms with Gasteiger partial charge < -0.3 is 9.84 Å². The quantitative estimate of drug-likeness (QED) is 0.807. The van der Waals surface area contributed by atoms with E-state index in [1.54, 1.807) is 0 Å². The summed E-state index contributed by atoms with van der Waals surface area (Å²) in [5, 5.41) is 10.8. The lowest BCUT2D eigenvalue weighted by atomic mass is 9.76. The van der Waals surface area contributed by atoms with Crippen LogP contribution in [0.3, 0.4) is 0 Å². The van der Waals surface area contributed by atoms with Crippen LogP contribution in [0, 0.1) is 5.92 Å². The van der Waals surface area contributed by atoms with Crippen molar-refractivity contribution in [3.05, 3.63) is 69.7 Å². The topological polar surface area (TPSA) is 32.7 Å². The van der Waals surface area contributed by atoms with Crippen LogP contribution in [0.5, 0.6) is 0 Å². The zero-order valence-electron chi connectivity index (χ0n) is 13.6. The lowest BCUT2D eigenvalue weighted by Gasteiger charge is -2.37. The highest BCUT2D eigenvalue weighted by Gasteiger charge is 2.47. The summed E-state index contributed by atoms with van der Waals surface area (Å²) >= 11 is 12.5. The molecule has 1 fully saturated rings.